The van der Waals surface area contributed by atoms with Gasteiger partial charge < -0.3 is 9.84 Å². The summed E-state index contributed by atoms with van der Waals surface area (Å²) in [5.41, 5.74) is 2.10. The summed E-state index contributed by atoms with van der Waals surface area (Å²) in [6.07, 6.45) is 1.86. The quantitative estimate of drug-likeness (QED) is 0.728. The van der Waals surface area contributed by atoms with Crippen LogP contribution in [0.3, 0.4) is 0 Å². The fourth-order valence-electron chi connectivity index (χ4n) is 4.33. The number of rotatable bonds is 3. The van der Waals surface area contributed by atoms with Crippen molar-refractivity contribution < 1.29 is 23.9 Å². The van der Waals surface area contributed by atoms with E-state index in [0.29, 0.717) is 41.2 Å². The van der Waals surface area contributed by atoms with Crippen LogP contribution in [0.5, 0.6) is 5.75 Å². The number of aryl methyl sites for hydroxylation is 2. The van der Waals surface area contributed by atoms with Gasteiger partial charge in [-0.2, -0.15) is 0 Å². The Morgan fingerprint density at radius 2 is 2.00 bits per heavy atom. The first-order valence-corrected chi connectivity index (χ1v) is 9.19. The van der Waals surface area contributed by atoms with Crippen molar-refractivity contribution in [3.05, 3.63) is 71.0 Å². The van der Waals surface area contributed by atoms with Gasteiger partial charge in [0.15, 0.2) is 24.2 Å². The zero-order valence-corrected chi connectivity index (χ0v) is 15.1. The van der Waals surface area contributed by atoms with E-state index in [4.69, 9.17) is 9.26 Å². The van der Waals surface area contributed by atoms with Crippen molar-refractivity contribution in [1.82, 2.24) is 0 Å². The average molecular weight is 362 g/mol. The van der Waals surface area contributed by atoms with Gasteiger partial charge in [-0.15, -0.1) is 0 Å². The lowest BCUT2D eigenvalue weighted by Crippen LogP contribution is -2.43. The van der Waals surface area contributed by atoms with Crippen molar-refractivity contribution in [3.63, 3.8) is 0 Å². The number of fused-ring (bicyclic) bond motifs is 2. The van der Waals surface area contributed by atoms with E-state index in [9.17, 15) is 9.90 Å². The highest BCUT2D eigenvalue weighted by Gasteiger charge is 2.55. The molecule has 1 N–H and O–H groups in total. The monoisotopic (exact) mass is 362 g/mol. The van der Waals surface area contributed by atoms with Crippen LogP contribution in [0.4, 0.5) is 0 Å². The van der Waals surface area contributed by atoms with Crippen molar-refractivity contribution in [2.75, 3.05) is 0 Å². The highest BCUT2D eigenvalue weighted by Crippen LogP contribution is 2.50. The maximum atomic E-state index is 13.2. The largest absolute Gasteiger partial charge is 0.488 e. The van der Waals surface area contributed by atoms with Crippen molar-refractivity contribution in [2.45, 2.75) is 31.5 Å². The summed E-state index contributed by atoms with van der Waals surface area (Å²) in [6.45, 7) is 0.402. The molecule has 5 rings (SSSR count). The van der Waals surface area contributed by atoms with Crippen LogP contribution in [0.1, 0.15) is 40.1 Å². The molecule has 0 radical (unpaired) electrons. The molecule has 2 aromatic carbocycles. The topological polar surface area (TPSA) is 63.5 Å². The number of nitrogens with zero attached hydrogens (tertiary/aromatic N) is 1. The molecule has 0 unspecified atom stereocenters. The number of hydrogen-bond acceptors (Lipinski definition) is 4. The lowest BCUT2D eigenvalue weighted by Gasteiger charge is -2.32. The van der Waals surface area contributed by atoms with Crippen LogP contribution in [0.2, 0.25) is 0 Å². The number of carbonyl (C=O) groups is 1. The second-order valence-electron chi connectivity index (χ2n) is 7.23. The highest BCUT2D eigenvalue weighted by molar-refractivity contribution is 6.12. The fourth-order valence-corrected chi connectivity index (χ4v) is 4.33. The van der Waals surface area contributed by atoms with Crippen LogP contribution in [-0.2, 0) is 25.7 Å². The minimum Gasteiger partial charge on any atom is -0.488 e. The third kappa shape index (κ3) is 2.28. The van der Waals surface area contributed by atoms with Gasteiger partial charge in [-0.05, 0) is 29.2 Å². The molecule has 0 spiro atoms. The van der Waals surface area contributed by atoms with E-state index in [0.717, 1.165) is 24.1 Å². The zero-order valence-electron chi connectivity index (χ0n) is 15.1. The number of aliphatic hydroxyl groups is 1. The second-order valence-corrected chi connectivity index (χ2v) is 7.23. The molecule has 5 heteroatoms. The van der Waals surface area contributed by atoms with Gasteiger partial charge in [-0.3, -0.25) is 4.79 Å². The molecule has 1 atom stereocenters. The first kappa shape index (κ1) is 16.3. The van der Waals surface area contributed by atoms with Crippen molar-refractivity contribution in [3.8, 4) is 17.0 Å². The predicted molar refractivity (Wildman–Crippen MR) is 97.3 cm³/mol. The molecule has 0 aliphatic heterocycles. The van der Waals surface area contributed by atoms with E-state index in [-0.39, 0.29) is 5.78 Å². The van der Waals surface area contributed by atoms with Gasteiger partial charge in [0.25, 0.3) is 5.69 Å². The predicted octanol–water partition coefficient (Wildman–Crippen LogP) is 3.07. The van der Waals surface area contributed by atoms with E-state index in [1.807, 2.05) is 43.4 Å². The molecule has 136 valence electrons. The normalized spacial score (nSPS) is 20.1. The number of carbonyl (C=O) groups excluding carboxylic acids is 1. The van der Waals surface area contributed by atoms with Gasteiger partial charge in [0.05, 0.1) is 0 Å². The van der Waals surface area contributed by atoms with Crippen LogP contribution in [0.25, 0.3) is 11.3 Å². The summed E-state index contributed by atoms with van der Waals surface area (Å²) < 4.78 is 13.6. The summed E-state index contributed by atoms with van der Waals surface area (Å²) in [4.78, 5) is 13.2. The Bertz CT molecular complexity index is 1050. The summed E-state index contributed by atoms with van der Waals surface area (Å²) in [7, 11) is 1.81. The minimum absolute atomic E-state index is 0.266. The Morgan fingerprint density at radius 1 is 1.19 bits per heavy atom. The number of aromatic nitrogens is 1. The zero-order chi connectivity index (χ0) is 18.6. The number of Topliss-reactive ketones (excluding diaryl/α,β-unsaturated/α-hetero) is 1. The Morgan fingerprint density at radius 3 is 2.81 bits per heavy atom. The van der Waals surface area contributed by atoms with Crippen LogP contribution in [0, 0.1) is 0 Å². The van der Waals surface area contributed by atoms with Gasteiger partial charge >= 0.3 is 0 Å². The molecule has 0 bridgehead atoms. The number of benzene rings is 2. The van der Waals surface area contributed by atoms with Crippen LogP contribution < -0.4 is 9.48 Å². The molecule has 0 saturated carbocycles. The Balaban J connectivity index is 1.66. The van der Waals surface area contributed by atoms with Gasteiger partial charge in [0.2, 0.25) is 0 Å². The number of hydrogen-bond donors (Lipinski definition) is 1. The third-order valence-corrected chi connectivity index (χ3v) is 5.55. The molecule has 0 saturated heterocycles. The molecule has 2 aliphatic carbocycles. The van der Waals surface area contributed by atoms with E-state index in [1.165, 1.54) is 0 Å². The van der Waals surface area contributed by atoms with Gasteiger partial charge in [-0.25, -0.2) is 4.52 Å². The van der Waals surface area contributed by atoms with E-state index in [2.05, 4.69) is 0 Å². The molecule has 1 aromatic heterocycles. The molecule has 0 fully saturated rings. The lowest BCUT2D eigenvalue weighted by molar-refractivity contribution is -0.837. The number of ether oxygens (including phenoxy) is 1. The summed E-state index contributed by atoms with van der Waals surface area (Å²) in [6, 6.07) is 15.3. The van der Waals surface area contributed by atoms with Crippen molar-refractivity contribution >= 4 is 5.78 Å². The van der Waals surface area contributed by atoms with Crippen molar-refractivity contribution in [1.29, 1.82) is 0 Å². The minimum atomic E-state index is -1.50. The molecule has 1 heterocycles. The molecule has 0 amide bonds. The molecule has 3 aromatic rings. The van der Waals surface area contributed by atoms with Gasteiger partial charge in [-0.1, -0.05) is 42.5 Å². The van der Waals surface area contributed by atoms with E-state index >= 15 is 0 Å². The lowest BCUT2D eigenvalue weighted by atomic mass is 9.71. The Hall–Kier alpha value is -2.92. The molecular formula is C22H20NO4+. The SMILES string of the molecule is C[n+]1oc2c3c1-c1c(OCc4ccccc4)cccc1C(=O)[C@@]3(O)CCC2. The van der Waals surface area contributed by atoms with Crippen LogP contribution >= 0.6 is 0 Å². The fraction of sp³-hybridized carbons (Fsp3) is 0.273. The Kier molecular flexibility index (Phi) is 3.49. The molecule has 2 aliphatic rings. The van der Waals surface area contributed by atoms with E-state index < -0.39 is 5.60 Å². The smallest absolute Gasteiger partial charge is 0.272 e. The maximum Gasteiger partial charge on any atom is 0.272 e. The van der Waals surface area contributed by atoms with E-state index in [1.54, 1.807) is 16.9 Å². The molecule has 5 nitrogen and oxygen atoms in total. The van der Waals surface area contributed by atoms with Gasteiger partial charge in [0.1, 0.15) is 23.5 Å². The molecular weight excluding hydrogens is 342 g/mol. The summed E-state index contributed by atoms with van der Waals surface area (Å²) >= 11 is 0. The Labute approximate surface area is 156 Å². The first-order chi connectivity index (χ1) is 13.1. The summed E-state index contributed by atoms with van der Waals surface area (Å²) in [5, 5.41) is 11.2. The third-order valence-electron chi connectivity index (χ3n) is 5.55. The average Bonchev–Trinajstić information content (AvgIpc) is 3.03. The van der Waals surface area contributed by atoms with Crippen LogP contribution in [-0.4, -0.2) is 10.9 Å². The second kappa shape index (κ2) is 5.79. The standard InChI is InChI=1S/C22H20NO4/c1-23-20-18-15(21(24)22(25)12-6-11-17(27-23)19(20)22)9-5-10-16(18)26-13-14-7-3-2-4-8-14/h2-5,7-10,25H,6,11-13H2,1H3/q+1/t22-/m1/s1. The maximum absolute atomic E-state index is 13.2. The first-order valence-electron chi connectivity index (χ1n) is 9.19. The number of ketones is 1. The van der Waals surface area contributed by atoms with Crippen LogP contribution in [0.15, 0.2) is 53.1 Å². The van der Waals surface area contributed by atoms with Crippen molar-refractivity contribution in [2.24, 2.45) is 7.05 Å². The van der Waals surface area contributed by atoms with Gasteiger partial charge in [0, 0.05) is 12.0 Å². The highest BCUT2D eigenvalue weighted by atomic mass is 16.5. The molecule has 27 heavy (non-hydrogen) atoms. The summed E-state index contributed by atoms with van der Waals surface area (Å²) in [5.74, 6) is 1.05.